The van der Waals surface area contributed by atoms with E-state index in [1.165, 1.54) is 23.7 Å². The Hall–Kier alpha value is -3.39. The van der Waals surface area contributed by atoms with Crippen LogP contribution in [0.5, 0.6) is 0 Å². The highest BCUT2D eigenvalue weighted by Gasteiger charge is 2.32. The highest BCUT2D eigenvalue weighted by atomic mass is 32.2. The lowest BCUT2D eigenvalue weighted by Crippen LogP contribution is -2.44. The van der Waals surface area contributed by atoms with Crippen LogP contribution in [0.15, 0.2) is 69.1 Å². The van der Waals surface area contributed by atoms with E-state index in [4.69, 9.17) is 0 Å². The van der Waals surface area contributed by atoms with Crippen LogP contribution in [0.4, 0.5) is 5.69 Å². The lowest BCUT2D eigenvalue weighted by Gasteiger charge is -2.27. The summed E-state index contributed by atoms with van der Waals surface area (Å²) in [5.74, 6) is 0. The second-order valence-electron chi connectivity index (χ2n) is 7.63. The summed E-state index contributed by atoms with van der Waals surface area (Å²) < 4.78 is 31.0. The Bertz CT molecular complexity index is 1410. The van der Waals surface area contributed by atoms with Crippen molar-refractivity contribution in [1.82, 2.24) is 9.13 Å². The Kier molecular flexibility index (Phi) is 5.18. The topological polar surface area (TPSA) is 81.4 Å². The first-order valence-corrected chi connectivity index (χ1v) is 11.3. The Labute approximate surface area is 180 Å². The van der Waals surface area contributed by atoms with Gasteiger partial charge in [-0.3, -0.25) is 18.2 Å². The van der Waals surface area contributed by atoms with Crippen LogP contribution in [0.25, 0.3) is 6.08 Å². The van der Waals surface area contributed by atoms with Crippen molar-refractivity contribution in [2.45, 2.75) is 24.8 Å². The number of sulfonamides is 1. The van der Waals surface area contributed by atoms with E-state index < -0.39 is 21.3 Å². The zero-order chi connectivity index (χ0) is 22.3. The summed E-state index contributed by atoms with van der Waals surface area (Å²) in [6, 6.07) is 14.0. The second kappa shape index (κ2) is 7.70. The van der Waals surface area contributed by atoms with Crippen LogP contribution in [0.2, 0.25) is 0 Å². The van der Waals surface area contributed by atoms with Crippen molar-refractivity contribution in [1.29, 1.82) is 0 Å². The molecule has 3 aromatic rings. The lowest BCUT2D eigenvalue weighted by molar-refractivity contribution is 0.587. The minimum absolute atomic E-state index is 0.00784. The molecule has 8 heteroatoms. The molecular formula is C23H23N3O4S. The lowest BCUT2D eigenvalue weighted by atomic mass is 10.1. The van der Waals surface area contributed by atoms with Crippen molar-refractivity contribution in [2.75, 3.05) is 4.31 Å². The summed E-state index contributed by atoms with van der Waals surface area (Å²) in [5.41, 5.74) is 1.76. The number of aromatic nitrogens is 2. The van der Waals surface area contributed by atoms with Gasteiger partial charge < -0.3 is 0 Å². The summed E-state index contributed by atoms with van der Waals surface area (Å²) in [5, 5.41) is 0. The fourth-order valence-corrected chi connectivity index (χ4v) is 5.23. The molecule has 4 rings (SSSR count). The summed E-state index contributed by atoms with van der Waals surface area (Å²) >= 11 is 0. The minimum atomic E-state index is -4.08. The predicted octanol–water partition coefficient (Wildman–Crippen LogP) is 2.36. The van der Waals surface area contributed by atoms with Gasteiger partial charge in [0, 0.05) is 20.5 Å². The average molecular weight is 438 g/mol. The molecule has 0 saturated carbocycles. The molecule has 1 aliphatic rings. The molecule has 1 aliphatic heterocycles. The van der Waals surface area contributed by atoms with Crippen LogP contribution < -0.4 is 15.6 Å². The predicted molar refractivity (Wildman–Crippen MR) is 121 cm³/mol. The highest BCUT2D eigenvalue weighted by molar-refractivity contribution is 7.92. The van der Waals surface area contributed by atoms with Crippen LogP contribution in [0.1, 0.15) is 22.4 Å². The molecule has 0 atom stereocenters. The van der Waals surface area contributed by atoms with Gasteiger partial charge in [-0.15, -0.1) is 0 Å². The molecule has 31 heavy (non-hydrogen) atoms. The SMILES string of the molecule is Cc1ccc(S(=O)(=O)N2Cc3ccccc3/C=C\Cc3c2c(=O)n(C)c(=O)n3C)cc1. The van der Waals surface area contributed by atoms with E-state index >= 15 is 0 Å². The van der Waals surface area contributed by atoms with Gasteiger partial charge in [0.2, 0.25) is 0 Å². The van der Waals surface area contributed by atoms with Gasteiger partial charge in [0.15, 0.2) is 0 Å². The fourth-order valence-electron chi connectivity index (χ4n) is 3.77. The maximum absolute atomic E-state index is 13.8. The Morgan fingerprint density at radius 1 is 0.903 bits per heavy atom. The third-order valence-corrected chi connectivity index (χ3v) is 7.36. The molecule has 0 amide bonds. The van der Waals surface area contributed by atoms with Crippen LogP contribution in [0, 0.1) is 6.92 Å². The zero-order valence-corrected chi connectivity index (χ0v) is 18.4. The molecule has 0 saturated heterocycles. The van der Waals surface area contributed by atoms with Crippen molar-refractivity contribution in [3.63, 3.8) is 0 Å². The van der Waals surface area contributed by atoms with Crippen molar-refractivity contribution in [3.05, 3.63) is 97.8 Å². The van der Waals surface area contributed by atoms with Gasteiger partial charge in [-0.05, 0) is 30.2 Å². The van der Waals surface area contributed by atoms with E-state index in [0.717, 1.165) is 25.6 Å². The molecule has 1 aromatic heterocycles. The average Bonchev–Trinajstić information content (AvgIpc) is 2.84. The maximum Gasteiger partial charge on any atom is 0.330 e. The maximum atomic E-state index is 13.8. The number of hydrogen-bond donors (Lipinski definition) is 0. The van der Waals surface area contributed by atoms with Crippen LogP contribution in [-0.4, -0.2) is 17.6 Å². The van der Waals surface area contributed by atoms with E-state index in [-0.39, 0.29) is 23.5 Å². The van der Waals surface area contributed by atoms with Gasteiger partial charge in [0.25, 0.3) is 15.6 Å². The van der Waals surface area contributed by atoms with Gasteiger partial charge in [0.1, 0.15) is 5.69 Å². The molecule has 2 aromatic carbocycles. The Balaban J connectivity index is 2.06. The molecular weight excluding hydrogens is 414 g/mol. The minimum Gasteiger partial charge on any atom is -0.298 e. The molecule has 0 fully saturated rings. The third kappa shape index (κ3) is 3.53. The Morgan fingerprint density at radius 2 is 1.58 bits per heavy atom. The zero-order valence-electron chi connectivity index (χ0n) is 17.6. The number of aryl methyl sites for hydroxylation is 1. The van der Waals surface area contributed by atoms with Gasteiger partial charge in [-0.25, -0.2) is 13.2 Å². The van der Waals surface area contributed by atoms with Crippen molar-refractivity contribution in [3.8, 4) is 0 Å². The van der Waals surface area contributed by atoms with Crippen molar-refractivity contribution in [2.24, 2.45) is 14.1 Å². The number of allylic oxidation sites excluding steroid dienone is 1. The smallest absolute Gasteiger partial charge is 0.298 e. The number of fused-ring (bicyclic) bond motifs is 2. The fraction of sp³-hybridized carbons (Fsp3) is 0.217. The number of rotatable bonds is 2. The van der Waals surface area contributed by atoms with E-state index in [1.807, 2.05) is 43.3 Å². The quantitative estimate of drug-likeness (QED) is 0.616. The molecule has 0 radical (unpaired) electrons. The van der Waals surface area contributed by atoms with Crippen molar-refractivity contribution < 1.29 is 8.42 Å². The molecule has 160 valence electrons. The van der Waals surface area contributed by atoms with E-state index in [9.17, 15) is 18.0 Å². The van der Waals surface area contributed by atoms with E-state index in [0.29, 0.717) is 5.69 Å². The van der Waals surface area contributed by atoms with Crippen molar-refractivity contribution >= 4 is 21.8 Å². The molecule has 2 heterocycles. The van der Waals surface area contributed by atoms with Gasteiger partial charge in [-0.2, -0.15) is 0 Å². The third-order valence-electron chi connectivity index (χ3n) is 5.60. The normalized spacial score (nSPS) is 14.7. The number of nitrogens with zero attached hydrogens (tertiary/aromatic N) is 3. The van der Waals surface area contributed by atoms with Crippen LogP contribution >= 0.6 is 0 Å². The number of hydrogen-bond acceptors (Lipinski definition) is 4. The van der Waals surface area contributed by atoms with Crippen LogP contribution in [-0.2, 0) is 37.1 Å². The number of anilines is 1. The van der Waals surface area contributed by atoms with E-state index in [1.54, 1.807) is 19.2 Å². The Morgan fingerprint density at radius 3 is 2.29 bits per heavy atom. The first kappa shape index (κ1) is 20.9. The molecule has 0 spiro atoms. The number of benzene rings is 2. The molecule has 0 N–H and O–H groups in total. The first-order valence-electron chi connectivity index (χ1n) is 9.84. The largest absolute Gasteiger partial charge is 0.330 e. The molecule has 0 bridgehead atoms. The molecule has 0 aliphatic carbocycles. The molecule has 0 unspecified atom stereocenters. The standard InChI is InChI=1S/C23H23N3O4S/c1-16-11-13-19(14-12-16)31(29,30)26-15-18-8-5-4-7-17(18)9-6-10-20-21(26)22(27)25(3)23(28)24(20)2/h4-9,11-14H,10,15H2,1-3H3/b9-6-. The van der Waals surface area contributed by atoms with Gasteiger partial charge in [0.05, 0.1) is 17.1 Å². The van der Waals surface area contributed by atoms with E-state index in [2.05, 4.69) is 0 Å². The molecule has 7 nitrogen and oxygen atoms in total. The summed E-state index contributed by atoms with van der Waals surface area (Å²) in [6.07, 6.45) is 3.98. The van der Waals surface area contributed by atoms with Gasteiger partial charge in [-0.1, -0.05) is 54.1 Å². The van der Waals surface area contributed by atoms with Gasteiger partial charge >= 0.3 is 5.69 Å². The summed E-state index contributed by atoms with van der Waals surface area (Å²) in [6.45, 7) is 1.84. The summed E-state index contributed by atoms with van der Waals surface area (Å²) in [7, 11) is -1.17. The first-order chi connectivity index (χ1) is 14.7. The monoisotopic (exact) mass is 437 g/mol. The second-order valence-corrected chi connectivity index (χ2v) is 9.49. The van der Waals surface area contributed by atoms with Crippen LogP contribution in [0.3, 0.4) is 0 Å². The summed E-state index contributed by atoms with van der Waals surface area (Å²) in [4.78, 5) is 25.9. The highest BCUT2D eigenvalue weighted by Crippen LogP contribution is 2.29.